The van der Waals surface area contributed by atoms with Gasteiger partial charge in [-0.25, -0.2) is 4.79 Å². The SMILES string of the molecule is COc1ccccc1NC(=O)Nc1ccc(N2CCCC2)c(C(=O)N2CCCC2)c1. The van der Waals surface area contributed by atoms with Crippen molar-refractivity contribution >= 4 is 29.0 Å². The number of amides is 3. The highest BCUT2D eigenvalue weighted by Crippen LogP contribution is 2.30. The van der Waals surface area contributed by atoms with Gasteiger partial charge < -0.3 is 25.2 Å². The number of benzene rings is 2. The number of anilines is 3. The Balaban J connectivity index is 1.55. The van der Waals surface area contributed by atoms with E-state index in [4.69, 9.17) is 4.74 Å². The maximum Gasteiger partial charge on any atom is 0.323 e. The van der Waals surface area contributed by atoms with Crippen LogP contribution < -0.4 is 20.3 Å². The summed E-state index contributed by atoms with van der Waals surface area (Å²) < 4.78 is 5.28. The molecule has 2 aliphatic rings. The summed E-state index contributed by atoms with van der Waals surface area (Å²) >= 11 is 0. The van der Waals surface area contributed by atoms with Gasteiger partial charge in [0.2, 0.25) is 0 Å². The Morgan fingerprint density at radius 1 is 0.900 bits per heavy atom. The van der Waals surface area contributed by atoms with E-state index in [1.165, 1.54) is 0 Å². The van der Waals surface area contributed by atoms with Gasteiger partial charge >= 0.3 is 6.03 Å². The maximum absolute atomic E-state index is 13.2. The zero-order valence-corrected chi connectivity index (χ0v) is 17.3. The van der Waals surface area contributed by atoms with Crippen LogP contribution in [0.15, 0.2) is 42.5 Å². The van der Waals surface area contributed by atoms with E-state index in [2.05, 4.69) is 15.5 Å². The van der Waals surface area contributed by atoms with Crippen LogP contribution in [-0.2, 0) is 0 Å². The van der Waals surface area contributed by atoms with E-state index < -0.39 is 0 Å². The van der Waals surface area contributed by atoms with Crippen molar-refractivity contribution in [2.45, 2.75) is 25.7 Å². The largest absolute Gasteiger partial charge is 0.495 e. The summed E-state index contributed by atoms with van der Waals surface area (Å²) in [6.45, 7) is 3.51. The normalized spacial score (nSPS) is 15.9. The van der Waals surface area contributed by atoms with Crippen molar-refractivity contribution in [3.8, 4) is 5.75 Å². The standard InChI is InChI=1S/C23H28N4O3/c1-30-21-9-3-2-8-19(21)25-23(29)24-17-10-11-20(26-12-4-5-13-26)18(16-17)22(28)27-14-6-7-15-27/h2-3,8-11,16H,4-7,12-15H2,1H3,(H2,24,25,29). The molecule has 0 aliphatic carbocycles. The average Bonchev–Trinajstić information content (AvgIpc) is 3.48. The molecule has 0 radical (unpaired) electrons. The molecule has 0 saturated carbocycles. The molecule has 2 aromatic rings. The number of likely N-dealkylation sites (tertiary alicyclic amines) is 1. The van der Waals surface area contributed by atoms with Crippen LogP contribution in [0.2, 0.25) is 0 Å². The van der Waals surface area contributed by atoms with Crippen LogP contribution in [0.4, 0.5) is 21.9 Å². The molecule has 0 spiro atoms. The van der Waals surface area contributed by atoms with Crippen LogP contribution in [0.25, 0.3) is 0 Å². The molecule has 7 nitrogen and oxygen atoms in total. The first kappa shape index (κ1) is 20.1. The Kier molecular flexibility index (Phi) is 6.07. The van der Waals surface area contributed by atoms with Crippen molar-refractivity contribution in [3.63, 3.8) is 0 Å². The van der Waals surface area contributed by atoms with Crippen molar-refractivity contribution in [1.82, 2.24) is 4.90 Å². The third-order valence-corrected chi connectivity index (χ3v) is 5.68. The Morgan fingerprint density at radius 3 is 2.33 bits per heavy atom. The number of nitrogens with one attached hydrogen (secondary N) is 2. The second-order valence-electron chi connectivity index (χ2n) is 7.70. The van der Waals surface area contributed by atoms with Gasteiger partial charge in [0.1, 0.15) is 5.75 Å². The summed E-state index contributed by atoms with van der Waals surface area (Å²) in [6.07, 6.45) is 4.37. The van der Waals surface area contributed by atoms with Gasteiger partial charge in [-0.15, -0.1) is 0 Å². The topological polar surface area (TPSA) is 73.9 Å². The number of rotatable bonds is 5. The average molecular weight is 409 g/mol. The lowest BCUT2D eigenvalue weighted by atomic mass is 10.1. The summed E-state index contributed by atoms with van der Waals surface area (Å²) in [4.78, 5) is 29.9. The van der Waals surface area contributed by atoms with E-state index in [0.717, 1.165) is 57.5 Å². The number of ether oxygens (including phenoxy) is 1. The van der Waals surface area contributed by atoms with E-state index in [1.807, 2.05) is 29.2 Å². The molecule has 2 N–H and O–H groups in total. The number of para-hydroxylation sites is 2. The van der Waals surface area contributed by atoms with Gasteiger partial charge in [0.05, 0.1) is 18.4 Å². The van der Waals surface area contributed by atoms with Crippen molar-refractivity contribution < 1.29 is 14.3 Å². The third-order valence-electron chi connectivity index (χ3n) is 5.68. The van der Waals surface area contributed by atoms with Crippen LogP contribution in [0.3, 0.4) is 0 Å². The third kappa shape index (κ3) is 4.35. The molecular formula is C23H28N4O3. The molecule has 30 heavy (non-hydrogen) atoms. The van der Waals surface area contributed by atoms with E-state index in [1.54, 1.807) is 25.3 Å². The van der Waals surface area contributed by atoms with E-state index in [9.17, 15) is 9.59 Å². The molecule has 2 fully saturated rings. The number of carbonyl (C=O) groups is 2. The molecular weight excluding hydrogens is 380 g/mol. The first-order valence-corrected chi connectivity index (χ1v) is 10.5. The Bertz CT molecular complexity index is 918. The van der Waals surface area contributed by atoms with Gasteiger partial charge in [0, 0.05) is 37.6 Å². The zero-order chi connectivity index (χ0) is 20.9. The smallest absolute Gasteiger partial charge is 0.323 e. The fourth-order valence-electron chi connectivity index (χ4n) is 4.14. The fraction of sp³-hybridized carbons (Fsp3) is 0.391. The van der Waals surface area contributed by atoms with E-state index in [0.29, 0.717) is 22.7 Å². The molecule has 0 unspecified atom stereocenters. The summed E-state index contributed by atoms with van der Waals surface area (Å²) in [7, 11) is 1.56. The molecule has 7 heteroatoms. The predicted molar refractivity (Wildman–Crippen MR) is 119 cm³/mol. The molecule has 158 valence electrons. The molecule has 0 aromatic heterocycles. The van der Waals surface area contributed by atoms with Crippen LogP contribution in [0.1, 0.15) is 36.0 Å². The highest BCUT2D eigenvalue weighted by molar-refractivity contribution is 6.04. The number of hydrogen-bond donors (Lipinski definition) is 2. The minimum absolute atomic E-state index is 0.0446. The highest BCUT2D eigenvalue weighted by Gasteiger charge is 2.25. The van der Waals surface area contributed by atoms with Crippen LogP contribution >= 0.6 is 0 Å². The number of urea groups is 1. The van der Waals surface area contributed by atoms with Gasteiger partial charge in [-0.1, -0.05) is 12.1 Å². The lowest BCUT2D eigenvalue weighted by Crippen LogP contribution is -2.30. The number of methoxy groups -OCH3 is 1. The first-order chi connectivity index (χ1) is 14.7. The number of hydrogen-bond acceptors (Lipinski definition) is 4. The van der Waals surface area contributed by atoms with Gasteiger partial charge in [-0.3, -0.25) is 4.79 Å². The molecule has 4 rings (SSSR count). The van der Waals surface area contributed by atoms with Gasteiger partial charge in [0.25, 0.3) is 5.91 Å². The lowest BCUT2D eigenvalue weighted by molar-refractivity contribution is 0.0793. The van der Waals surface area contributed by atoms with Crippen LogP contribution in [-0.4, -0.2) is 50.1 Å². The Morgan fingerprint density at radius 2 is 1.60 bits per heavy atom. The monoisotopic (exact) mass is 408 g/mol. The molecule has 2 aromatic carbocycles. The quantitative estimate of drug-likeness (QED) is 0.779. The van der Waals surface area contributed by atoms with Crippen molar-refractivity contribution in [3.05, 3.63) is 48.0 Å². The zero-order valence-electron chi connectivity index (χ0n) is 17.3. The summed E-state index contributed by atoms with van der Waals surface area (Å²) in [5.41, 5.74) is 2.79. The van der Waals surface area contributed by atoms with E-state index in [-0.39, 0.29) is 11.9 Å². The molecule has 0 bridgehead atoms. The van der Waals surface area contributed by atoms with Crippen molar-refractivity contribution in [2.24, 2.45) is 0 Å². The van der Waals surface area contributed by atoms with Crippen LogP contribution in [0.5, 0.6) is 5.75 Å². The number of carbonyl (C=O) groups excluding carboxylic acids is 2. The van der Waals surface area contributed by atoms with E-state index >= 15 is 0 Å². The van der Waals surface area contributed by atoms with Gasteiger partial charge in [-0.2, -0.15) is 0 Å². The van der Waals surface area contributed by atoms with Gasteiger partial charge in [-0.05, 0) is 56.0 Å². The Hall–Kier alpha value is -3.22. The minimum atomic E-state index is -0.381. The second-order valence-corrected chi connectivity index (χ2v) is 7.70. The summed E-state index contributed by atoms with van der Waals surface area (Å²) in [5, 5.41) is 5.65. The molecule has 0 atom stereocenters. The molecule has 3 amide bonds. The van der Waals surface area contributed by atoms with Gasteiger partial charge in [0.15, 0.2) is 0 Å². The summed E-state index contributed by atoms with van der Waals surface area (Å²) in [6, 6.07) is 12.5. The lowest BCUT2D eigenvalue weighted by Gasteiger charge is -2.24. The number of nitrogens with zero attached hydrogens (tertiary/aromatic N) is 2. The van der Waals surface area contributed by atoms with Crippen molar-refractivity contribution in [1.29, 1.82) is 0 Å². The second kappa shape index (κ2) is 9.07. The van der Waals surface area contributed by atoms with Crippen LogP contribution in [0, 0.1) is 0 Å². The predicted octanol–water partition coefficient (Wildman–Crippen LogP) is 4.18. The molecule has 2 aliphatic heterocycles. The molecule has 2 saturated heterocycles. The Labute approximate surface area is 177 Å². The minimum Gasteiger partial charge on any atom is -0.495 e. The first-order valence-electron chi connectivity index (χ1n) is 10.5. The fourth-order valence-corrected chi connectivity index (χ4v) is 4.14. The highest BCUT2D eigenvalue weighted by atomic mass is 16.5. The van der Waals surface area contributed by atoms with Crippen molar-refractivity contribution in [2.75, 3.05) is 48.8 Å². The molecule has 2 heterocycles. The summed E-state index contributed by atoms with van der Waals surface area (Å²) in [5.74, 6) is 0.630. The maximum atomic E-state index is 13.2.